The molecule has 7 heteroatoms. The van der Waals surface area contributed by atoms with Crippen LogP contribution in [0.3, 0.4) is 0 Å². The highest BCUT2D eigenvalue weighted by atomic mass is 16.5. The molecule has 0 aliphatic heterocycles. The van der Waals surface area contributed by atoms with Gasteiger partial charge in [-0.2, -0.15) is 4.98 Å². The first kappa shape index (κ1) is 19.1. The molecule has 2 aromatic rings. The van der Waals surface area contributed by atoms with Crippen molar-refractivity contribution in [2.75, 3.05) is 35.5 Å². The number of benzene rings is 1. The number of nitrogens with zero attached hydrogens (tertiary/aromatic N) is 1. The summed E-state index contributed by atoms with van der Waals surface area (Å²) >= 11 is 0. The van der Waals surface area contributed by atoms with Crippen LogP contribution in [0.25, 0.3) is 6.08 Å². The molecule has 0 atom stereocenters. The number of aromatic nitrogens is 1. The first-order valence-electron chi connectivity index (χ1n) is 7.68. The second-order valence-electron chi connectivity index (χ2n) is 5.10. The average Bonchev–Trinajstić information content (AvgIpc) is 2.70. The number of pyridine rings is 1. The summed E-state index contributed by atoms with van der Waals surface area (Å²) in [5.74, 6) is 1.88. The molecule has 0 saturated carbocycles. The molecule has 0 saturated heterocycles. The quantitative estimate of drug-likeness (QED) is 0.530. The maximum absolute atomic E-state index is 12.5. The smallest absolute Gasteiger partial charge is 0.216 e. The molecule has 2 rings (SSSR count). The van der Waals surface area contributed by atoms with Crippen molar-refractivity contribution >= 4 is 11.9 Å². The summed E-state index contributed by atoms with van der Waals surface area (Å²) in [4.78, 5) is 16.5. The molecule has 0 unspecified atom stereocenters. The van der Waals surface area contributed by atoms with Gasteiger partial charge in [0, 0.05) is 17.7 Å². The second kappa shape index (κ2) is 8.75. The molecule has 0 amide bonds. The molecule has 0 N–H and O–H groups in total. The Labute approximate surface area is 152 Å². The molecule has 7 nitrogen and oxygen atoms in total. The van der Waals surface area contributed by atoms with E-state index in [2.05, 4.69) is 4.98 Å². The van der Waals surface area contributed by atoms with Crippen molar-refractivity contribution in [2.24, 2.45) is 0 Å². The van der Waals surface area contributed by atoms with E-state index in [9.17, 15) is 4.79 Å². The summed E-state index contributed by atoms with van der Waals surface area (Å²) in [6.07, 6.45) is 3.10. The normalized spacial score (nSPS) is 10.5. The Kier molecular flexibility index (Phi) is 6.43. The third-order valence-electron chi connectivity index (χ3n) is 3.60. The lowest BCUT2D eigenvalue weighted by molar-refractivity contribution is 0.104. The summed E-state index contributed by atoms with van der Waals surface area (Å²) in [7, 11) is 7.55. The van der Waals surface area contributed by atoms with Crippen molar-refractivity contribution in [2.45, 2.75) is 0 Å². The van der Waals surface area contributed by atoms with E-state index in [4.69, 9.17) is 23.7 Å². The predicted octanol–water partition coefficient (Wildman–Crippen LogP) is 3.02. The van der Waals surface area contributed by atoms with Crippen molar-refractivity contribution in [1.82, 2.24) is 4.98 Å². The highest BCUT2D eigenvalue weighted by molar-refractivity contribution is 6.07. The summed E-state index contributed by atoms with van der Waals surface area (Å²) in [6.45, 7) is 0. The van der Waals surface area contributed by atoms with Crippen molar-refractivity contribution in [1.29, 1.82) is 0 Å². The Bertz CT molecular complexity index is 768. The van der Waals surface area contributed by atoms with Crippen LogP contribution in [0.2, 0.25) is 0 Å². The number of hydrogen-bond donors (Lipinski definition) is 0. The van der Waals surface area contributed by atoms with Crippen LogP contribution in [-0.4, -0.2) is 46.3 Å². The van der Waals surface area contributed by atoms with Gasteiger partial charge in [0.1, 0.15) is 0 Å². The van der Waals surface area contributed by atoms with Crippen LogP contribution < -0.4 is 23.7 Å². The Hall–Kier alpha value is -3.22. The second-order valence-corrected chi connectivity index (χ2v) is 5.10. The Morgan fingerprint density at radius 1 is 0.808 bits per heavy atom. The predicted molar refractivity (Wildman–Crippen MR) is 96.8 cm³/mol. The zero-order valence-electron chi connectivity index (χ0n) is 15.4. The van der Waals surface area contributed by atoms with Gasteiger partial charge in [-0.1, -0.05) is 6.08 Å². The minimum Gasteiger partial charge on any atom is -0.493 e. The molecular weight excluding hydrogens is 338 g/mol. The third-order valence-corrected chi connectivity index (χ3v) is 3.60. The van der Waals surface area contributed by atoms with Gasteiger partial charge in [0.15, 0.2) is 17.3 Å². The lowest BCUT2D eigenvalue weighted by Crippen LogP contribution is -2.00. The number of ether oxygens (including phenoxy) is 5. The Balaban J connectivity index is 2.33. The first-order valence-corrected chi connectivity index (χ1v) is 7.68. The molecular formula is C19H21NO6. The fraction of sp³-hybridized carbons (Fsp3) is 0.263. The topological polar surface area (TPSA) is 76.1 Å². The summed E-state index contributed by atoms with van der Waals surface area (Å²) in [5.41, 5.74) is 1.12. The molecule has 0 spiro atoms. The van der Waals surface area contributed by atoms with Crippen LogP contribution >= 0.6 is 0 Å². The SMILES string of the molecule is COc1cc(C(=O)/C=C/c2cc(OC)c(OC)c(OC)c2)cc(OC)n1. The number of carbonyl (C=O) groups is 1. The monoisotopic (exact) mass is 359 g/mol. The zero-order valence-corrected chi connectivity index (χ0v) is 15.4. The molecule has 1 aromatic carbocycles. The van der Waals surface area contributed by atoms with Crippen molar-refractivity contribution in [3.05, 3.63) is 41.5 Å². The van der Waals surface area contributed by atoms with Crippen LogP contribution in [0.15, 0.2) is 30.3 Å². The van der Waals surface area contributed by atoms with Crippen LogP contribution in [0.1, 0.15) is 15.9 Å². The number of allylic oxidation sites excluding steroid dienone is 1. The molecule has 138 valence electrons. The number of hydrogen-bond acceptors (Lipinski definition) is 7. The molecule has 0 aliphatic carbocycles. The summed E-state index contributed by atoms with van der Waals surface area (Å²) < 4.78 is 26.1. The maximum Gasteiger partial charge on any atom is 0.216 e. The fourth-order valence-corrected chi connectivity index (χ4v) is 2.30. The lowest BCUT2D eigenvalue weighted by Gasteiger charge is -2.12. The molecule has 26 heavy (non-hydrogen) atoms. The van der Waals surface area contributed by atoms with E-state index < -0.39 is 0 Å². The van der Waals surface area contributed by atoms with Gasteiger partial charge >= 0.3 is 0 Å². The highest BCUT2D eigenvalue weighted by Gasteiger charge is 2.13. The van der Waals surface area contributed by atoms with Gasteiger partial charge in [-0.3, -0.25) is 4.79 Å². The number of rotatable bonds is 8. The standard InChI is InChI=1S/C19H21NO6/c1-22-15-8-12(9-16(23-2)19(15)26-5)6-7-14(21)13-10-17(24-3)20-18(11-13)25-4/h6-11H,1-5H3/b7-6+. The molecule has 1 aromatic heterocycles. The molecule has 0 fully saturated rings. The van der Waals surface area contributed by atoms with Crippen LogP contribution in [-0.2, 0) is 0 Å². The fourth-order valence-electron chi connectivity index (χ4n) is 2.30. The molecule has 0 bridgehead atoms. The number of ketones is 1. The van der Waals surface area contributed by atoms with E-state index in [0.29, 0.717) is 34.6 Å². The lowest BCUT2D eigenvalue weighted by atomic mass is 10.1. The van der Waals surface area contributed by atoms with E-state index in [1.165, 1.54) is 41.6 Å². The van der Waals surface area contributed by atoms with Crippen LogP contribution in [0, 0.1) is 0 Å². The number of methoxy groups -OCH3 is 5. The highest BCUT2D eigenvalue weighted by Crippen LogP contribution is 2.38. The van der Waals surface area contributed by atoms with E-state index in [1.54, 1.807) is 30.3 Å². The van der Waals surface area contributed by atoms with Gasteiger partial charge in [0.2, 0.25) is 17.5 Å². The molecule has 1 heterocycles. The van der Waals surface area contributed by atoms with Crippen molar-refractivity contribution in [3.63, 3.8) is 0 Å². The van der Waals surface area contributed by atoms with Crippen LogP contribution in [0.4, 0.5) is 0 Å². The zero-order chi connectivity index (χ0) is 19.1. The summed E-state index contributed by atoms with van der Waals surface area (Å²) in [6, 6.07) is 6.59. The van der Waals surface area contributed by atoms with E-state index in [1.807, 2.05) is 0 Å². The number of carbonyl (C=O) groups excluding carboxylic acids is 1. The Morgan fingerprint density at radius 3 is 1.77 bits per heavy atom. The van der Waals surface area contributed by atoms with E-state index in [0.717, 1.165) is 5.56 Å². The summed E-state index contributed by atoms with van der Waals surface area (Å²) in [5, 5.41) is 0. The van der Waals surface area contributed by atoms with Gasteiger partial charge in [-0.25, -0.2) is 0 Å². The van der Waals surface area contributed by atoms with Crippen molar-refractivity contribution < 1.29 is 28.5 Å². The van der Waals surface area contributed by atoms with Crippen molar-refractivity contribution in [3.8, 4) is 29.0 Å². The van der Waals surface area contributed by atoms with Gasteiger partial charge in [-0.05, 0) is 23.8 Å². The first-order chi connectivity index (χ1) is 12.6. The van der Waals surface area contributed by atoms with Gasteiger partial charge in [0.25, 0.3) is 0 Å². The van der Waals surface area contributed by atoms with Gasteiger partial charge in [-0.15, -0.1) is 0 Å². The van der Waals surface area contributed by atoms with E-state index in [-0.39, 0.29) is 5.78 Å². The molecule has 0 aliphatic rings. The minimum absolute atomic E-state index is 0.224. The van der Waals surface area contributed by atoms with Crippen LogP contribution in [0.5, 0.6) is 29.0 Å². The Morgan fingerprint density at radius 2 is 1.35 bits per heavy atom. The third kappa shape index (κ3) is 4.24. The van der Waals surface area contributed by atoms with Gasteiger partial charge < -0.3 is 23.7 Å². The minimum atomic E-state index is -0.224. The van der Waals surface area contributed by atoms with E-state index >= 15 is 0 Å². The maximum atomic E-state index is 12.5. The molecule has 0 radical (unpaired) electrons. The largest absolute Gasteiger partial charge is 0.493 e. The van der Waals surface area contributed by atoms with Gasteiger partial charge in [0.05, 0.1) is 35.5 Å². The average molecular weight is 359 g/mol.